The van der Waals surface area contributed by atoms with Gasteiger partial charge >= 0.3 is 6.09 Å². The molecule has 0 aromatic heterocycles. The van der Waals surface area contributed by atoms with E-state index in [1.165, 1.54) is 19.3 Å². The molecular weight excluding hydrogens is 280 g/mol. The summed E-state index contributed by atoms with van der Waals surface area (Å²) >= 11 is 0. The van der Waals surface area contributed by atoms with Crippen LogP contribution < -0.4 is 5.32 Å². The number of carbonyl (C=O) groups excluding carboxylic acids is 1. The highest BCUT2D eigenvalue weighted by Gasteiger charge is 2.23. The Labute approximate surface area is 132 Å². The maximum Gasteiger partial charge on any atom is 0.407 e. The molecule has 0 spiro atoms. The summed E-state index contributed by atoms with van der Waals surface area (Å²) in [7, 11) is 0. The van der Waals surface area contributed by atoms with E-state index < -0.39 is 0 Å². The van der Waals surface area contributed by atoms with Gasteiger partial charge in [-0.1, -0.05) is 36.8 Å². The third-order valence-electron chi connectivity index (χ3n) is 4.08. The number of hydrogen-bond donors (Lipinski definition) is 2. The Hall–Kier alpha value is -1.59. The van der Waals surface area contributed by atoms with Gasteiger partial charge in [-0.3, -0.25) is 4.90 Å². The molecule has 0 saturated heterocycles. The Morgan fingerprint density at radius 2 is 2.05 bits per heavy atom. The van der Waals surface area contributed by atoms with Gasteiger partial charge in [-0.2, -0.15) is 0 Å². The van der Waals surface area contributed by atoms with Crippen LogP contribution in [-0.4, -0.2) is 48.4 Å². The molecule has 0 unspecified atom stereocenters. The van der Waals surface area contributed by atoms with Crippen molar-refractivity contribution < 1.29 is 14.6 Å². The third kappa shape index (κ3) is 5.66. The molecule has 0 aliphatic heterocycles. The lowest BCUT2D eigenvalue weighted by Gasteiger charge is -2.37. The first-order valence-electron chi connectivity index (χ1n) is 8.09. The van der Waals surface area contributed by atoms with Crippen molar-refractivity contribution in [3.63, 3.8) is 0 Å². The Kier molecular flexibility index (Phi) is 7.19. The van der Waals surface area contributed by atoms with E-state index in [0.717, 1.165) is 25.1 Å². The lowest BCUT2D eigenvalue weighted by molar-refractivity contribution is 0.0992. The number of amides is 1. The average molecular weight is 306 g/mol. The first-order valence-corrected chi connectivity index (χ1v) is 8.09. The van der Waals surface area contributed by atoms with Gasteiger partial charge in [0.05, 0.1) is 6.61 Å². The fourth-order valence-corrected chi connectivity index (χ4v) is 2.60. The van der Waals surface area contributed by atoms with Crippen molar-refractivity contribution in [3.8, 4) is 0 Å². The summed E-state index contributed by atoms with van der Waals surface area (Å²) in [5.74, 6) is 0. The Balaban J connectivity index is 1.56. The van der Waals surface area contributed by atoms with Crippen LogP contribution in [0.1, 0.15) is 31.2 Å². The Morgan fingerprint density at radius 1 is 1.27 bits per heavy atom. The van der Waals surface area contributed by atoms with Crippen molar-refractivity contribution in [2.75, 3.05) is 26.2 Å². The van der Waals surface area contributed by atoms with Gasteiger partial charge in [0.25, 0.3) is 0 Å². The van der Waals surface area contributed by atoms with Gasteiger partial charge < -0.3 is 15.2 Å². The number of benzene rings is 1. The molecule has 5 nitrogen and oxygen atoms in total. The highest BCUT2D eigenvalue weighted by molar-refractivity contribution is 5.67. The fourth-order valence-electron chi connectivity index (χ4n) is 2.60. The number of rotatable bonds is 9. The van der Waals surface area contributed by atoms with Gasteiger partial charge in [-0.15, -0.1) is 0 Å². The molecule has 1 fully saturated rings. The highest BCUT2D eigenvalue weighted by Crippen LogP contribution is 2.24. The molecule has 1 aromatic rings. The quantitative estimate of drug-likeness (QED) is 0.686. The minimum Gasteiger partial charge on any atom is -0.445 e. The smallest absolute Gasteiger partial charge is 0.407 e. The summed E-state index contributed by atoms with van der Waals surface area (Å²) < 4.78 is 5.16. The van der Waals surface area contributed by atoms with Crippen LogP contribution in [0.3, 0.4) is 0 Å². The minimum atomic E-state index is -0.374. The molecule has 2 N–H and O–H groups in total. The summed E-state index contributed by atoms with van der Waals surface area (Å²) in [5, 5.41) is 11.9. The molecule has 122 valence electrons. The zero-order valence-corrected chi connectivity index (χ0v) is 13.0. The van der Waals surface area contributed by atoms with E-state index in [0.29, 0.717) is 19.2 Å². The number of hydrogen-bond acceptors (Lipinski definition) is 4. The molecule has 1 amide bonds. The van der Waals surface area contributed by atoms with Gasteiger partial charge in [0.2, 0.25) is 0 Å². The zero-order valence-electron chi connectivity index (χ0n) is 13.0. The summed E-state index contributed by atoms with van der Waals surface area (Å²) in [5.41, 5.74) is 0.983. The van der Waals surface area contributed by atoms with Crippen LogP contribution in [0.2, 0.25) is 0 Å². The Bertz CT molecular complexity index is 435. The average Bonchev–Trinajstić information content (AvgIpc) is 2.49. The molecule has 1 aliphatic carbocycles. The lowest BCUT2D eigenvalue weighted by Crippen LogP contribution is -2.43. The molecule has 0 bridgehead atoms. The highest BCUT2D eigenvalue weighted by atomic mass is 16.5. The van der Waals surface area contributed by atoms with Gasteiger partial charge in [0, 0.05) is 25.7 Å². The number of aliphatic hydroxyl groups is 1. The van der Waals surface area contributed by atoms with Crippen molar-refractivity contribution in [2.45, 2.75) is 38.3 Å². The van der Waals surface area contributed by atoms with Gasteiger partial charge in [-0.05, 0) is 24.8 Å². The largest absolute Gasteiger partial charge is 0.445 e. The summed E-state index contributed by atoms with van der Waals surface area (Å²) in [6.07, 6.45) is 4.24. The van der Waals surface area contributed by atoms with Gasteiger partial charge in [0.15, 0.2) is 0 Å². The van der Waals surface area contributed by atoms with E-state index in [2.05, 4.69) is 10.2 Å². The van der Waals surface area contributed by atoms with Crippen LogP contribution in [0.5, 0.6) is 0 Å². The molecular formula is C17H26N2O3. The maximum absolute atomic E-state index is 11.6. The van der Waals surface area contributed by atoms with E-state index >= 15 is 0 Å². The van der Waals surface area contributed by atoms with Crippen molar-refractivity contribution >= 4 is 6.09 Å². The number of aliphatic hydroxyl groups excluding tert-OH is 1. The normalized spacial score (nSPS) is 14.6. The predicted molar refractivity (Wildman–Crippen MR) is 85.5 cm³/mol. The molecule has 2 rings (SSSR count). The SMILES string of the molecule is O=C(NCCCN(CCO)C1CCC1)OCc1ccccc1. The first-order chi connectivity index (χ1) is 10.8. The summed E-state index contributed by atoms with van der Waals surface area (Å²) in [4.78, 5) is 13.9. The number of carbonyl (C=O) groups is 1. The van der Waals surface area contributed by atoms with E-state index in [4.69, 9.17) is 9.84 Å². The number of alkyl carbamates (subject to hydrolysis) is 1. The van der Waals surface area contributed by atoms with Gasteiger partial charge in [0.1, 0.15) is 6.61 Å². The molecule has 0 heterocycles. The molecule has 1 aromatic carbocycles. The lowest BCUT2D eigenvalue weighted by atomic mass is 9.91. The van der Waals surface area contributed by atoms with Crippen LogP contribution in [0.15, 0.2) is 30.3 Å². The summed E-state index contributed by atoms with van der Waals surface area (Å²) in [6, 6.07) is 10.3. The topological polar surface area (TPSA) is 61.8 Å². The van der Waals surface area contributed by atoms with E-state index in [9.17, 15) is 4.79 Å². The van der Waals surface area contributed by atoms with Crippen LogP contribution >= 0.6 is 0 Å². The van der Waals surface area contributed by atoms with E-state index in [1.54, 1.807) is 0 Å². The molecule has 0 atom stereocenters. The van der Waals surface area contributed by atoms with E-state index in [-0.39, 0.29) is 12.7 Å². The number of nitrogens with one attached hydrogen (secondary N) is 1. The second-order valence-electron chi connectivity index (χ2n) is 5.69. The van der Waals surface area contributed by atoms with Crippen LogP contribution in [-0.2, 0) is 11.3 Å². The number of ether oxygens (including phenoxy) is 1. The molecule has 5 heteroatoms. The second kappa shape index (κ2) is 9.43. The minimum absolute atomic E-state index is 0.197. The molecule has 1 saturated carbocycles. The second-order valence-corrected chi connectivity index (χ2v) is 5.69. The van der Waals surface area contributed by atoms with E-state index in [1.807, 2.05) is 30.3 Å². The van der Waals surface area contributed by atoms with Crippen molar-refractivity contribution in [3.05, 3.63) is 35.9 Å². The molecule has 0 radical (unpaired) electrons. The predicted octanol–water partition coefficient (Wildman–Crippen LogP) is 2.15. The summed E-state index contributed by atoms with van der Waals surface area (Å²) in [6.45, 7) is 2.73. The molecule has 22 heavy (non-hydrogen) atoms. The zero-order chi connectivity index (χ0) is 15.6. The Morgan fingerprint density at radius 3 is 2.68 bits per heavy atom. The van der Waals surface area contributed by atoms with Crippen molar-refractivity contribution in [1.82, 2.24) is 10.2 Å². The van der Waals surface area contributed by atoms with Crippen LogP contribution in [0.25, 0.3) is 0 Å². The van der Waals surface area contributed by atoms with Crippen LogP contribution in [0, 0.1) is 0 Å². The molecule has 1 aliphatic rings. The third-order valence-corrected chi connectivity index (χ3v) is 4.08. The van der Waals surface area contributed by atoms with Crippen LogP contribution in [0.4, 0.5) is 4.79 Å². The number of nitrogens with zero attached hydrogens (tertiary/aromatic N) is 1. The monoisotopic (exact) mass is 306 g/mol. The first kappa shape index (κ1) is 16.8. The van der Waals surface area contributed by atoms with Crippen molar-refractivity contribution in [2.24, 2.45) is 0 Å². The van der Waals surface area contributed by atoms with Gasteiger partial charge in [-0.25, -0.2) is 4.79 Å². The maximum atomic E-state index is 11.6. The fraction of sp³-hybridized carbons (Fsp3) is 0.588. The van der Waals surface area contributed by atoms with Crippen molar-refractivity contribution in [1.29, 1.82) is 0 Å². The standard InChI is InChI=1S/C17H26N2O3/c20-13-12-19(16-8-4-9-16)11-5-10-18-17(21)22-14-15-6-2-1-3-7-15/h1-3,6-7,16,20H,4-5,8-14H2,(H,18,21).